The van der Waals surface area contributed by atoms with Gasteiger partial charge in [0.25, 0.3) is 0 Å². The first-order valence-corrected chi connectivity index (χ1v) is 22.8. The molecule has 2 aromatic rings. The number of thiophene rings is 1. The summed E-state index contributed by atoms with van der Waals surface area (Å²) in [6.07, 6.45) is -8.40. The first-order valence-electron chi connectivity index (χ1n) is 21.9. The normalized spacial score (nSPS) is 41.3. The summed E-state index contributed by atoms with van der Waals surface area (Å²) in [6.45, 7) is 18.4. The van der Waals surface area contributed by atoms with Crippen molar-refractivity contribution in [2.24, 2.45) is 35.0 Å². The molecule has 0 aromatic carbocycles. The summed E-state index contributed by atoms with van der Waals surface area (Å²) < 4.78 is 36.6. The molecule has 2 aromatic heterocycles. The third kappa shape index (κ3) is 11.5. The smallest absolute Gasteiger partial charge is 0.311 e. The lowest BCUT2D eigenvalue weighted by atomic mass is 9.74. The predicted octanol–water partition coefficient (Wildman–Crippen LogP) is 4.17. The Hall–Kier alpha value is -2.84. The highest BCUT2D eigenvalue weighted by Gasteiger charge is 2.53. The van der Waals surface area contributed by atoms with Crippen molar-refractivity contribution < 1.29 is 68.1 Å². The van der Waals surface area contributed by atoms with Gasteiger partial charge in [-0.2, -0.15) is 0 Å². The Kier molecular flexibility index (Phi) is 16.3. The van der Waals surface area contributed by atoms with Gasteiger partial charge in [-0.3, -0.25) is 14.4 Å². The van der Waals surface area contributed by atoms with Gasteiger partial charge in [-0.1, -0.05) is 46.7 Å². The number of carbonyl (C=O) groups excluding carboxylic acids is 3. The van der Waals surface area contributed by atoms with Gasteiger partial charge in [-0.05, 0) is 70.9 Å². The molecule has 350 valence electrons. The second-order valence-corrected chi connectivity index (χ2v) is 20.6. The van der Waals surface area contributed by atoms with Crippen LogP contribution in [-0.2, 0) is 44.5 Å². The fourth-order valence-corrected chi connectivity index (χ4v) is 10.5. The fraction of sp³-hybridized carbons (Fsp3) is 0.778. The third-order valence-corrected chi connectivity index (χ3v) is 14.5. The molecule has 0 spiro atoms. The van der Waals surface area contributed by atoms with Gasteiger partial charge in [0.2, 0.25) is 5.91 Å². The number of ketones is 1. The molecular formula is C45H70N2O14S. The molecule has 3 aliphatic rings. The molecule has 0 aliphatic carbocycles. The first kappa shape index (κ1) is 50.2. The average molecular weight is 895 g/mol. The molecule has 0 bridgehead atoms. The lowest BCUT2D eigenvalue weighted by Gasteiger charge is -2.48. The van der Waals surface area contributed by atoms with Gasteiger partial charge in [0, 0.05) is 48.1 Å². The van der Waals surface area contributed by atoms with E-state index < -0.39 is 107 Å². The Morgan fingerprint density at radius 2 is 1.61 bits per heavy atom. The molecule has 7 unspecified atom stereocenters. The molecule has 17 heteroatoms. The van der Waals surface area contributed by atoms with Crippen LogP contribution in [0.3, 0.4) is 0 Å². The Balaban J connectivity index is 1.47. The van der Waals surface area contributed by atoms with Crippen molar-refractivity contribution in [3.8, 4) is 10.6 Å². The van der Waals surface area contributed by atoms with Gasteiger partial charge >= 0.3 is 5.97 Å². The van der Waals surface area contributed by atoms with E-state index in [1.807, 2.05) is 39.8 Å². The third-order valence-electron chi connectivity index (χ3n) is 13.4. The van der Waals surface area contributed by atoms with Crippen molar-refractivity contribution in [2.75, 3.05) is 6.54 Å². The van der Waals surface area contributed by atoms with Crippen molar-refractivity contribution in [1.82, 2.24) is 10.5 Å². The minimum Gasteiger partial charge on any atom is -0.459 e. The van der Waals surface area contributed by atoms with E-state index in [2.05, 4.69) is 10.5 Å². The van der Waals surface area contributed by atoms with E-state index in [-0.39, 0.29) is 50.2 Å². The van der Waals surface area contributed by atoms with Crippen LogP contribution in [-0.4, -0.2) is 128 Å². The lowest BCUT2D eigenvalue weighted by molar-refractivity contribution is -0.312. The SMILES string of the molecule is CC1CC(C)C(O)C(O[C@@H]2[C@@H](C)[C@H](OC3CC(C)(C)C(O)C(C)O3)[C@@H](C)C(=O)O[C@H](CCNC(=O)Cc3ccc(-c4ccon4)s3)[C@@](C)(O)[C@H](O)[C@@H](C)C(=O)[C@H](C)C[C@@]2(C)O)O1. The van der Waals surface area contributed by atoms with Crippen LogP contribution in [0.25, 0.3) is 10.6 Å². The number of esters is 1. The highest BCUT2D eigenvalue weighted by molar-refractivity contribution is 7.15. The van der Waals surface area contributed by atoms with Gasteiger partial charge in [0.05, 0.1) is 59.4 Å². The number of nitrogens with zero attached hydrogens (tertiary/aromatic N) is 1. The fourth-order valence-electron chi connectivity index (χ4n) is 9.57. The standard InChI is InChI=1S/C45H70N2O14S/c1-22-18-24(3)57-42(36(22)50)61-40-26(5)37(60-34-21-43(8,9)39(52)28(7)58-34)27(6)41(53)59-32(45(11,55)38(51)25(4)35(49)23(2)20-44(40,10)54)14-16-46-33(48)19-29-12-13-31(62-29)30-15-17-56-47-30/h12-13,15,17,22-28,32,34,36-40,42,50-52,54-55H,14,16,18-21H2,1-11H3,(H,46,48)/t22?,23-,24?,25+,26+,27-,28?,32-,34?,36?,37+,38-,39?,40-,42?,44-,45-/m1/s1. The molecule has 5 heterocycles. The number of hydrogen-bond acceptors (Lipinski definition) is 16. The molecule has 6 N–H and O–H groups in total. The number of carbonyl (C=O) groups is 3. The number of ether oxygens (including phenoxy) is 5. The van der Waals surface area contributed by atoms with E-state index >= 15 is 0 Å². The van der Waals surface area contributed by atoms with Crippen molar-refractivity contribution in [1.29, 1.82) is 0 Å². The van der Waals surface area contributed by atoms with Crippen molar-refractivity contribution in [2.45, 2.75) is 181 Å². The Bertz CT molecular complexity index is 1800. The van der Waals surface area contributed by atoms with Gasteiger partial charge < -0.3 is 59.1 Å². The van der Waals surface area contributed by atoms with Crippen LogP contribution >= 0.6 is 11.3 Å². The van der Waals surface area contributed by atoms with E-state index in [4.69, 9.17) is 28.2 Å². The maximum Gasteiger partial charge on any atom is 0.311 e. The molecule has 16 nitrogen and oxygen atoms in total. The lowest BCUT2D eigenvalue weighted by Crippen LogP contribution is -2.59. The highest BCUT2D eigenvalue weighted by Crippen LogP contribution is 2.42. The zero-order chi connectivity index (χ0) is 46.1. The zero-order valence-electron chi connectivity index (χ0n) is 38.0. The average Bonchev–Trinajstić information content (AvgIpc) is 3.90. The molecule has 0 saturated carbocycles. The van der Waals surface area contributed by atoms with Gasteiger partial charge in [-0.15, -0.1) is 11.3 Å². The summed E-state index contributed by atoms with van der Waals surface area (Å²) in [5.41, 5.74) is -4.01. The number of nitrogens with one attached hydrogen (secondary N) is 1. The summed E-state index contributed by atoms with van der Waals surface area (Å²) >= 11 is 1.39. The zero-order valence-corrected chi connectivity index (χ0v) is 38.8. The molecule has 62 heavy (non-hydrogen) atoms. The van der Waals surface area contributed by atoms with Crippen LogP contribution in [0.2, 0.25) is 0 Å². The molecule has 3 aliphatic heterocycles. The second-order valence-electron chi connectivity index (χ2n) is 19.4. The van der Waals surface area contributed by atoms with E-state index in [9.17, 15) is 39.9 Å². The molecule has 3 fully saturated rings. The summed E-state index contributed by atoms with van der Waals surface area (Å²) in [4.78, 5) is 43.4. The number of aliphatic hydroxyl groups is 5. The van der Waals surface area contributed by atoms with Gasteiger partial charge in [0.15, 0.2) is 12.6 Å². The molecule has 5 rings (SSSR count). The molecular weight excluding hydrogens is 825 g/mol. The Labute approximate surface area is 369 Å². The second kappa shape index (κ2) is 20.1. The number of aliphatic hydroxyl groups excluding tert-OH is 3. The maximum absolute atomic E-state index is 14.6. The van der Waals surface area contributed by atoms with E-state index in [1.165, 1.54) is 38.4 Å². The van der Waals surface area contributed by atoms with Crippen molar-refractivity contribution >= 4 is 29.0 Å². The Morgan fingerprint density at radius 3 is 2.26 bits per heavy atom. The summed E-state index contributed by atoms with van der Waals surface area (Å²) in [7, 11) is 0. The number of aromatic nitrogens is 1. The quantitative estimate of drug-likeness (QED) is 0.184. The van der Waals surface area contributed by atoms with Gasteiger partial charge in [-0.25, -0.2) is 0 Å². The van der Waals surface area contributed by atoms with Crippen molar-refractivity contribution in [3.05, 3.63) is 29.3 Å². The van der Waals surface area contributed by atoms with Crippen LogP contribution in [0.1, 0.15) is 107 Å². The van der Waals surface area contributed by atoms with Gasteiger partial charge in [0.1, 0.15) is 35.5 Å². The number of Topliss-reactive ketones (excluding diaryl/α,β-unsaturated/α-hetero) is 1. The predicted molar refractivity (Wildman–Crippen MR) is 227 cm³/mol. The van der Waals surface area contributed by atoms with Crippen LogP contribution in [0.4, 0.5) is 0 Å². The number of cyclic esters (lactones) is 1. The van der Waals surface area contributed by atoms with E-state index in [0.29, 0.717) is 12.1 Å². The van der Waals surface area contributed by atoms with Crippen LogP contribution in [0.5, 0.6) is 0 Å². The number of amides is 1. The van der Waals surface area contributed by atoms with Crippen LogP contribution < -0.4 is 5.32 Å². The first-order chi connectivity index (χ1) is 28.8. The minimum absolute atomic E-state index is 0.0484. The number of rotatable bonds is 10. The van der Waals surface area contributed by atoms with Crippen LogP contribution in [0, 0.1) is 35.0 Å². The number of hydrogen-bond donors (Lipinski definition) is 6. The van der Waals surface area contributed by atoms with Crippen LogP contribution in [0.15, 0.2) is 29.0 Å². The largest absolute Gasteiger partial charge is 0.459 e. The molecule has 3 saturated heterocycles. The minimum atomic E-state index is -2.20. The monoisotopic (exact) mass is 894 g/mol. The summed E-state index contributed by atoms with van der Waals surface area (Å²) in [5, 5.41) is 65.3. The Morgan fingerprint density at radius 1 is 0.919 bits per heavy atom. The highest BCUT2D eigenvalue weighted by atomic mass is 32.1. The molecule has 17 atom stereocenters. The maximum atomic E-state index is 14.6. The molecule has 0 radical (unpaired) electrons. The van der Waals surface area contributed by atoms with Crippen molar-refractivity contribution in [3.63, 3.8) is 0 Å². The summed E-state index contributed by atoms with van der Waals surface area (Å²) in [5.74, 6) is -5.94. The van der Waals surface area contributed by atoms with E-state index in [0.717, 1.165) is 9.75 Å². The topological polar surface area (TPSA) is 237 Å². The van der Waals surface area contributed by atoms with E-state index in [1.54, 1.807) is 33.8 Å². The summed E-state index contributed by atoms with van der Waals surface area (Å²) in [6, 6.07) is 5.38. The molecule has 1 amide bonds.